The first-order valence-electron chi connectivity index (χ1n) is 6.51. The van der Waals surface area contributed by atoms with E-state index in [1.807, 2.05) is 0 Å². The second-order valence-electron chi connectivity index (χ2n) is 4.69. The molecule has 9 heteroatoms. The van der Waals surface area contributed by atoms with Crippen LogP contribution in [0.2, 0.25) is 0 Å². The highest BCUT2D eigenvalue weighted by Gasteiger charge is 2.31. The molecular weight excluding hydrogens is 298 g/mol. The lowest BCUT2D eigenvalue weighted by Gasteiger charge is -2.23. The zero-order valence-electron chi connectivity index (χ0n) is 11.5. The van der Waals surface area contributed by atoms with Crippen molar-refractivity contribution in [3.63, 3.8) is 0 Å². The first-order valence-corrected chi connectivity index (χ1v) is 7.99. The third kappa shape index (κ3) is 3.49. The predicted octanol–water partition coefficient (Wildman–Crippen LogP) is 1.09. The minimum Gasteiger partial charge on any atom is -0.383 e. The fourth-order valence-electron chi connectivity index (χ4n) is 2.25. The molecule has 0 radical (unpaired) electrons. The topological polar surface area (TPSA) is 111 Å². The largest absolute Gasteiger partial charge is 0.383 e. The quantitative estimate of drug-likeness (QED) is 0.621. The van der Waals surface area contributed by atoms with Crippen LogP contribution in [-0.4, -0.2) is 39.6 Å². The number of nitro groups is 1. The summed E-state index contributed by atoms with van der Waals surface area (Å²) >= 11 is 0. The molecule has 0 aliphatic carbocycles. The number of rotatable bonds is 5. The second kappa shape index (κ2) is 6.37. The van der Waals surface area contributed by atoms with Crippen LogP contribution in [0.25, 0.3) is 0 Å². The lowest BCUT2D eigenvalue weighted by molar-refractivity contribution is -0.386. The number of hydrogen-bond acceptors (Lipinski definition) is 6. The molecule has 1 heterocycles. The molecule has 0 aromatic heterocycles. The van der Waals surface area contributed by atoms with Gasteiger partial charge in [-0.1, -0.05) is 6.07 Å². The van der Waals surface area contributed by atoms with Crippen LogP contribution in [0, 0.1) is 10.1 Å². The lowest BCUT2D eigenvalue weighted by atomic mass is 10.1. The first kappa shape index (κ1) is 15.7. The van der Waals surface area contributed by atoms with E-state index in [9.17, 15) is 18.5 Å². The van der Waals surface area contributed by atoms with Crippen LogP contribution >= 0.6 is 0 Å². The van der Waals surface area contributed by atoms with Gasteiger partial charge in [0, 0.05) is 19.7 Å². The second-order valence-corrected chi connectivity index (χ2v) is 6.38. The van der Waals surface area contributed by atoms with E-state index >= 15 is 0 Å². The normalized spacial score (nSPS) is 19.2. The number of benzene rings is 1. The average Bonchev–Trinajstić information content (AvgIpc) is 2.46. The SMILES string of the molecule is CNc1cccc(S(=O)(=O)NC2CCCOC2)c1[N+](=O)[O-]. The molecule has 1 saturated heterocycles. The average molecular weight is 315 g/mol. The number of hydrogen-bond donors (Lipinski definition) is 2. The molecule has 1 unspecified atom stereocenters. The fraction of sp³-hybridized carbons (Fsp3) is 0.500. The minimum atomic E-state index is -3.98. The number of nitro benzene ring substituents is 1. The number of ether oxygens (including phenoxy) is 1. The fourth-order valence-corrected chi connectivity index (χ4v) is 3.69. The van der Waals surface area contributed by atoms with Crippen molar-refractivity contribution < 1.29 is 18.1 Å². The summed E-state index contributed by atoms with van der Waals surface area (Å²) in [5.74, 6) is 0. The van der Waals surface area contributed by atoms with Crippen LogP contribution in [0.5, 0.6) is 0 Å². The van der Waals surface area contributed by atoms with E-state index in [1.54, 1.807) is 0 Å². The van der Waals surface area contributed by atoms with Gasteiger partial charge in [0.1, 0.15) is 5.69 Å². The summed E-state index contributed by atoms with van der Waals surface area (Å²) < 4.78 is 32.5. The summed E-state index contributed by atoms with van der Waals surface area (Å²) in [6, 6.07) is 3.79. The van der Waals surface area contributed by atoms with Crippen LogP contribution in [0.3, 0.4) is 0 Å². The molecule has 1 aromatic carbocycles. The standard InChI is InChI=1S/C12H17N3O5S/c1-13-10-5-2-6-11(12(10)15(16)17)21(18,19)14-9-4-3-7-20-8-9/h2,5-6,9,13-14H,3-4,7-8H2,1H3. The molecule has 1 fully saturated rings. The van der Waals surface area contributed by atoms with Gasteiger partial charge in [-0.3, -0.25) is 10.1 Å². The molecular formula is C12H17N3O5S. The Bertz CT molecular complexity index is 626. The maximum atomic E-state index is 12.4. The Labute approximate surface area is 122 Å². The van der Waals surface area contributed by atoms with E-state index in [1.165, 1.54) is 25.2 Å². The number of sulfonamides is 1. The van der Waals surface area contributed by atoms with Crippen LogP contribution in [0.15, 0.2) is 23.1 Å². The van der Waals surface area contributed by atoms with Gasteiger partial charge in [0.05, 0.1) is 11.5 Å². The number of para-hydroxylation sites is 1. The third-order valence-corrected chi connectivity index (χ3v) is 4.77. The molecule has 116 valence electrons. The summed E-state index contributed by atoms with van der Waals surface area (Å²) in [4.78, 5) is 10.1. The molecule has 0 amide bonds. The van der Waals surface area contributed by atoms with Gasteiger partial charge in [-0.2, -0.15) is 0 Å². The zero-order chi connectivity index (χ0) is 15.5. The van der Waals surface area contributed by atoms with Gasteiger partial charge in [-0.25, -0.2) is 13.1 Å². The number of anilines is 1. The highest BCUT2D eigenvalue weighted by Crippen LogP contribution is 2.31. The number of nitrogens with one attached hydrogen (secondary N) is 2. The Balaban J connectivity index is 2.37. The molecule has 0 bridgehead atoms. The van der Waals surface area contributed by atoms with E-state index in [0.717, 1.165) is 6.42 Å². The van der Waals surface area contributed by atoms with Crippen molar-refractivity contribution in [3.8, 4) is 0 Å². The molecule has 2 rings (SSSR count). The number of nitrogens with zero attached hydrogens (tertiary/aromatic N) is 1. The van der Waals surface area contributed by atoms with Crippen molar-refractivity contribution in [1.29, 1.82) is 0 Å². The van der Waals surface area contributed by atoms with E-state index < -0.39 is 20.6 Å². The first-order chi connectivity index (χ1) is 9.95. The van der Waals surface area contributed by atoms with Crippen LogP contribution < -0.4 is 10.0 Å². The van der Waals surface area contributed by atoms with Crippen molar-refractivity contribution in [2.75, 3.05) is 25.6 Å². The lowest BCUT2D eigenvalue weighted by Crippen LogP contribution is -2.40. The summed E-state index contributed by atoms with van der Waals surface area (Å²) in [5.41, 5.74) is -0.299. The van der Waals surface area contributed by atoms with Crippen molar-refractivity contribution in [1.82, 2.24) is 4.72 Å². The molecule has 1 atom stereocenters. The van der Waals surface area contributed by atoms with Gasteiger partial charge in [0.2, 0.25) is 10.0 Å². The molecule has 1 aliphatic rings. The van der Waals surface area contributed by atoms with Crippen LogP contribution in [-0.2, 0) is 14.8 Å². The Hall–Kier alpha value is -1.71. The molecule has 0 saturated carbocycles. The smallest absolute Gasteiger partial charge is 0.312 e. The van der Waals surface area contributed by atoms with Crippen molar-refractivity contribution in [3.05, 3.63) is 28.3 Å². The molecule has 8 nitrogen and oxygen atoms in total. The van der Waals surface area contributed by atoms with Gasteiger partial charge >= 0.3 is 5.69 Å². The van der Waals surface area contributed by atoms with Gasteiger partial charge in [-0.15, -0.1) is 0 Å². The maximum absolute atomic E-state index is 12.4. The zero-order valence-corrected chi connectivity index (χ0v) is 12.4. The van der Waals surface area contributed by atoms with E-state index in [4.69, 9.17) is 4.74 Å². The highest BCUT2D eigenvalue weighted by atomic mass is 32.2. The Kier molecular flexibility index (Phi) is 4.76. The van der Waals surface area contributed by atoms with E-state index in [-0.39, 0.29) is 23.2 Å². The summed E-state index contributed by atoms with van der Waals surface area (Å²) in [5, 5.41) is 13.8. The monoisotopic (exact) mass is 315 g/mol. The van der Waals surface area contributed by atoms with Gasteiger partial charge in [0.15, 0.2) is 4.90 Å². The molecule has 1 aromatic rings. The van der Waals surface area contributed by atoms with Gasteiger partial charge in [0.25, 0.3) is 0 Å². The molecule has 21 heavy (non-hydrogen) atoms. The molecule has 2 N–H and O–H groups in total. The molecule has 0 spiro atoms. The third-order valence-electron chi connectivity index (χ3n) is 3.22. The van der Waals surface area contributed by atoms with Crippen molar-refractivity contribution in [2.45, 2.75) is 23.8 Å². The Morgan fingerprint density at radius 1 is 1.43 bits per heavy atom. The van der Waals surface area contributed by atoms with Crippen LogP contribution in [0.1, 0.15) is 12.8 Å². The summed E-state index contributed by atoms with van der Waals surface area (Å²) in [6.45, 7) is 0.881. The Morgan fingerprint density at radius 3 is 2.76 bits per heavy atom. The summed E-state index contributed by atoms with van der Waals surface area (Å²) in [7, 11) is -2.48. The van der Waals surface area contributed by atoms with E-state index in [2.05, 4.69) is 10.0 Å². The summed E-state index contributed by atoms with van der Waals surface area (Å²) in [6.07, 6.45) is 1.41. The Morgan fingerprint density at radius 2 is 2.19 bits per heavy atom. The van der Waals surface area contributed by atoms with Crippen molar-refractivity contribution >= 4 is 21.4 Å². The van der Waals surface area contributed by atoms with Crippen molar-refractivity contribution in [2.24, 2.45) is 0 Å². The van der Waals surface area contributed by atoms with E-state index in [0.29, 0.717) is 13.0 Å². The minimum absolute atomic E-state index is 0.155. The van der Waals surface area contributed by atoms with Crippen LogP contribution in [0.4, 0.5) is 11.4 Å². The highest BCUT2D eigenvalue weighted by molar-refractivity contribution is 7.89. The maximum Gasteiger partial charge on any atom is 0.312 e. The van der Waals surface area contributed by atoms with Gasteiger partial charge < -0.3 is 10.1 Å². The van der Waals surface area contributed by atoms with Gasteiger partial charge in [-0.05, 0) is 25.0 Å². The predicted molar refractivity (Wildman–Crippen MR) is 76.8 cm³/mol. The molecule has 1 aliphatic heterocycles.